The number of aryl methyl sites for hydroxylation is 1. The van der Waals surface area contributed by atoms with Crippen molar-refractivity contribution in [2.45, 2.75) is 6.04 Å². The number of imidazole rings is 1. The van der Waals surface area contributed by atoms with Gasteiger partial charge in [0.15, 0.2) is 0 Å². The monoisotopic (exact) mass is 151 g/mol. The maximum absolute atomic E-state index is 4.19. The lowest BCUT2D eigenvalue weighted by atomic mass is 10.2. The standard InChI is InChI=1S/C8H13N3/c1-4-7(9-2)8-5-11(3)6-10-8/h4-7,9H,1H2,2-3H3. The van der Waals surface area contributed by atoms with E-state index in [-0.39, 0.29) is 6.04 Å². The number of nitrogens with zero attached hydrogens (tertiary/aromatic N) is 2. The number of hydrogen-bond acceptors (Lipinski definition) is 2. The molecule has 0 aliphatic carbocycles. The molecule has 1 aromatic heterocycles. The van der Waals surface area contributed by atoms with Crippen molar-refractivity contribution in [1.82, 2.24) is 14.9 Å². The lowest BCUT2D eigenvalue weighted by Gasteiger charge is -2.05. The molecule has 0 fully saturated rings. The Hall–Kier alpha value is -1.09. The van der Waals surface area contributed by atoms with Crippen LogP contribution in [0.15, 0.2) is 25.2 Å². The van der Waals surface area contributed by atoms with Crippen LogP contribution in [0.4, 0.5) is 0 Å². The van der Waals surface area contributed by atoms with Crippen molar-refractivity contribution in [2.24, 2.45) is 7.05 Å². The molecule has 0 aromatic carbocycles. The molecule has 0 saturated heterocycles. The number of rotatable bonds is 3. The van der Waals surface area contributed by atoms with Gasteiger partial charge in [-0.15, -0.1) is 6.58 Å². The molecule has 0 saturated carbocycles. The average molecular weight is 151 g/mol. The van der Waals surface area contributed by atoms with Gasteiger partial charge in [-0.3, -0.25) is 0 Å². The zero-order valence-electron chi connectivity index (χ0n) is 6.91. The van der Waals surface area contributed by atoms with Gasteiger partial charge < -0.3 is 9.88 Å². The van der Waals surface area contributed by atoms with Crippen molar-refractivity contribution in [3.8, 4) is 0 Å². The Morgan fingerprint density at radius 1 is 1.82 bits per heavy atom. The van der Waals surface area contributed by atoms with Crippen LogP contribution in [-0.4, -0.2) is 16.6 Å². The smallest absolute Gasteiger partial charge is 0.0947 e. The number of aromatic nitrogens is 2. The van der Waals surface area contributed by atoms with Gasteiger partial charge in [0.2, 0.25) is 0 Å². The molecule has 0 bridgehead atoms. The summed E-state index contributed by atoms with van der Waals surface area (Å²) < 4.78 is 1.92. The van der Waals surface area contributed by atoms with E-state index in [4.69, 9.17) is 0 Å². The van der Waals surface area contributed by atoms with E-state index in [0.717, 1.165) is 5.69 Å². The zero-order chi connectivity index (χ0) is 8.27. The first kappa shape index (κ1) is 8.01. The van der Waals surface area contributed by atoms with Gasteiger partial charge in [-0.05, 0) is 7.05 Å². The molecule has 11 heavy (non-hydrogen) atoms. The second-order valence-electron chi connectivity index (χ2n) is 2.47. The summed E-state index contributed by atoms with van der Waals surface area (Å²) in [5, 5.41) is 3.09. The number of nitrogens with one attached hydrogen (secondary N) is 1. The normalized spacial score (nSPS) is 12.9. The third kappa shape index (κ3) is 1.68. The van der Waals surface area contributed by atoms with Crippen molar-refractivity contribution in [1.29, 1.82) is 0 Å². The first-order valence-electron chi connectivity index (χ1n) is 3.55. The minimum atomic E-state index is 0.163. The van der Waals surface area contributed by atoms with Gasteiger partial charge in [-0.2, -0.15) is 0 Å². The predicted molar refractivity (Wildman–Crippen MR) is 45.2 cm³/mol. The van der Waals surface area contributed by atoms with Crippen LogP contribution in [0, 0.1) is 0 Å². The van der Waals surface area contributed by atoms with E-state index >= 15 is 0 Å². The maximum Gasteiger partial charge on any atom is 0.0947 e. The molecular weight excluding hydrogens is 138 g/mol. The molecule has 60 valence electrons. The maximum atomic E-state index is 4.19. The van der Waals surface area contributed by atoms with Crippen LogP contribution in [-0.2, 0) is 7.05 Å². The van der Waals surface area contributed by atoms with Crippen molar-refractivity contribution in [3.05, 3.63) is 30.9 Å². The third-order valence-corrected chi connectivity index (χ3v) is 1.59. The lowest BCUT2D eigenvalue weighted by molar-refractivity contribution is 0.697. The molecule has 1 unspecified atom stereocenters. The molecule has 0 aliphatic heterocycles. The van der Waals surface area contributed by atoms with Crippen molar-refractivity contribution < 1.29 is 0 Å². The highest BCUT2D eigenvalue weighted by Crippen LogP contribution is 2.08. The SMILES string of the molecule is C=CC(NC)c1cn(C)cn1. The summed E-state index contributed by atoms with van der Waals surface area (Å²) >= 11 is 0. The molecule has 3 heteroatoms. The Bertz CT molecular complexity index is 239. The summed E-state index contributed by atoms with van der Waals surface area (Å²) in [7, 11) is 3.84. The lowest BCUT2D eigenvalue weighted by Crippen LogP contribution is -2.13. The molecule has 1 rings (SSSR count). The van der Waals surface area contributed by atoms with Crippen molar-refractivity contribution in [2.75, 3.05) is 7.05 Å². The van der Waals surface area contributed by atoms with Crippen LogP contribution in [0.25, 0.3) is 0 Å². The highest BCUT2D eigenvalue weighted by molar-refractivity contribution is 5.09. The largest absolute Gasteiger partial charge is 0.340 e. The molecule has 1 heterocycles. The van der Waals surface area contributed by atoms with Crippen molar-refractivity contribution >= 4 is 0 Å². The topological polar surface area (TPSA) is 29.9 Å². The molecule has 1 aromatic rings. The second-order valence-corrected chi connectivity index (χ2v) is 2.47. The van der Waals surface area contributed by atoms with Crippen LogP contribution in [0.5, 0.6) is 0 Å². The van der Waals surface area contributed by atoms with Gasteiger partial charge in [0.1, 0.15) is 0 Å². The van der Waals surface area contributed by atoms with E-state index in [9.17, 15) is 0 Å². The number of hydrogen-bond donors (Lipinski definition) is 1. The van der Waals surface area contributed by atoms with Crippen LogP contribution in [0.1, 0.15) is 11.7 Å². The van der Waals surface area contributed by atoms with Gasteiger partial charge >= 0.3 is 0 Å². The van der Waals surface area contributed by atoms with Crippen LogP contribution >= 0.6 is 0 Å². The zero-order valence-corrected chi connectivity index (χ0v) is 6.91. The summed E-state index contributed by atoms with van der Waals surface area (Å²) in [5.74, 6) is 0. The molecule has 0 amide bonds. The van der Waals surface area contributed by atoms with E-state index in [2.05, 4.69) is 16.9 Å². The van der Waals surface area contributed by atoms with E-state index in [1.165, 1.54) is 0 Å². The molecule has 0 spiro atoms. The fourth-order valence-electron chi connectivity index (χ4n) is 0.980. The number of likely N-dealkylation sites (N-methyl/N-ethyl adjacent to an activating group) is 1. The minimum Gasteiger partial charge on any atom is -0.340 e. The highest BCUT2D eigenvalue weighted by Gasteiger charge is 2.05. The molecule has 0 radical (unpaired) electrons. The first-order valence-corrected chi connectivity index (χ1v) is 3.55. The van der Waals surface area contributed by atoms with E-state index < -0.39 is 0 Å². The van der Waals surface area contributed by atoms with Gasteiger partial charge in [-0.1, -0.05) is 6.08 Å². The Kier molecular flexibility index (Phi) is 2.44. The quantitative estimate of drug-likeness (QED) is 0.649. The fraction of sp³-hybridized carbons (Fsp3) is 0.375. The van der Waals surface area contributed by atoms with E-state index in [1.54, 1.807) is 6.33 Å². The highest BCUT2D eigenvalue weighted by atomic mass is 15.0. The van der Waals surface area contributed by atoms with Crippen LogP contribution < -0.4 is 5.32 Å². The van der Waals surface area contributed by atoms with E-state index in [1.807, 2.05) is 30.9 Å². The Morgan fingerprint density at radius 3 is 2.91 bits per heavy atom. The van der Waals surface area contributed by atoms with Gasteiger partial charge in [0, 0.05) is 13.2 Å². The van der Waals surface area contributed by atoms with Crippen LogP contribution in [0.2, 0.25) is 0 Å². The average Bonchev–Trinajstić information content (AvgIpc) is 2.39. The summed E-state index contributed by atoms with van der Waals surface area (Å²) in [4.78, 5) is 4.19. The van der Waals surface area contributed by atoms with Crippen molar-refractivity contribution in [3.63, 3.8) is 0 Å². The van der Waals surface area contributed by atoms with Gasteiger partial charge in [0.25, 0.3) is 0 Å². The summed E-state index contributed by atoms with van der Waals surface area (Å²) in [6.07, 6.45) is 5.59. The van der Waals surface area contributed by atoms with Crippen LogP contribution in [0.3, 0.4) is 0 Å². The van der Waals surface area contributed by atoms with Gasteiger partial charge in [0.05, 0.1) is 18.1 Å². The molecular formula is C8H13N3. The minimum absolute atomic E-state index is 0.163. The summed E-state index contributed by atoms with van der Waals surface area (Å²) in [6.45, 7) is 3.71. The second kappa shape index (κ2) is 3.34. The molecule has 3 nitrogen and oxygen atoms in total. The first-order chi connectivity index (χ1) is 5.27. The molecule has 0 aliphatic rings. The molecule has 1 N–H and O–H groups in total. The summed E-state index contributed by atoms with van der Waals surface area (Å²) in [5.41, 5.74) is 1.00. The summed E-state index contributed by atoms with van der Waals surface area (Å²) in [6, 6.07) is 0.163. The molecule has 1 atom stereocenters. The fourth-order valence-corrected chi connectivity index (χ4v) is 0.980. The Morgan fingerprint density at radius 2 is 2.55 bits per heavy atom. The van der Waals surface area contributed by atoms with Gasteiger partial charge in [-0.25, -0.2) is 4.98 Å². The Balaban J connectivity index is 2.81. The third-order valence-electron chi connectivity index (χ3n) is 1.59. The predicted octanol–water partition coefficient (Wildman–Crippen LogP) is 0.867. The van der Waals surface area contributed by atoms with E-state index in [0.29, 0.717) is 0 Å². The Labute approximate surface area is 66.8 Å².